The van der Waals surface area contributed by atoms with Gasteiger partial charge in [-0.05, 0) is 56.6 Å². The maximum absolute atomic E-state index is 12.8. The molecular weight excluding hydrogens is 366 g/mol. The van der Waals surface area contributed by atoms with Crippen molar-refractivity contribution in [1.82, 2.24) is 15.2 Å². The molecule has 0 bridgehead atoms. The largest absolute Gasteiger partial charge is 0.389 e. The fraction of sp³-hybridized carbons (Fsp3) is 0.696. The smallest absolute Gasteiger partial charge is 0.252 e. The number of carbonyl (C=O) groups excluding carboxylic acids is 2. The van der Waals surface area contributed by atoms with Gasteiger partial charge in [-0.25, -0.2) is 0 Å². The van der Waals surface area contributed by atoms with Crippen LogP contribution in [0.2, 0.25) is 0 Å². The first-order chi connectivity index (χ1) is 14.0. The highest BCUT2D eigenvalue weighted by Gasteiger charge is 2.35. The summed E-state index contributed by atoms with van der Waals surface area (Å²) in [6, 6.07) is 3.77. The predicted octanol–water partition coefficient (Wildman–Crippen LogP) is 3.01. The first-order valence-corrected chi connectivity index (χ1v) is 11.3. The predicted molar refractivity (Wildman–Crippen MR) is 111 cm³/mol. The molecule has 3 aliphatic rings. The Morgan fingerprint density at radius 1 is 1.14 bits per heavy atom. The summed E-state index contributed by atoms with van der Waals surface area (Å²) in [6.45, 7) is 2.16. The van der Waals surface area contributed by atoms with Crippen LogP contribution < -0.4 is 5.32 Å². The van der Waals surface area contributed by atoms with Crippen LogP contribution in [-0.4, -0.2) is 52.0 Å². The number of amides is 2. The third kappa shape index (κ3) is 5.35. The SMILES string of the molecule is O=C(NCC1CC1)c1ccc(C2CCCN(C(=O)CC3(O)CCCCC3)C2)nc1. The van der Waals surface area contributed by atoms with Crippen molar-refractivity contribution in [3.63, 3.8) is 0 Å². The number of nitrogens with zero attached hydrogens (tertiary/aromatic N) is 2. The Hall–Kier alpha value is -1.95. The Kier molecular flexibility index (Phi) is 6.18. The molecule has 0 radical (unpaired) electrons. The Labute approximate surface area is 173 Å². The summed E-state index contributed by atoms with van der Waals surface area (Å²) in [6.07, 6.45) is 10.9. The van der Waals surface area contributed by atoms with Gasteiger partial charge in [0.1, 0.15) is 0 Å². The lowest BCUT2D eigenvalue weighted by atomic mass is 9.82. The van der Waals surface area contributed by atoms with Gasteiger partial charge in [0.2, 0.25) is 5.91 Å². The highest BCUT2D eigenvalue weighted by molar-refractivity contribution is 5.93. The van der Waals surface area contributed by atoms with Crippen LogP contribution in [0.15, 0.2) is 18.3 Å². The van der Waals surface area contributed by atoms with Crippen LogP contribution >= 0.6 is 0 Å². The topological polar surface area (TPSA) is 82.5 Å². The average Bonchev–Trinajstić information content (AvgIpc) is 3.57. The minimum absolute atomic E-state index is 0.0582. The molecule has 1 saturated heterocycles. The summed E-state index contributed by atoms with van der Waals surface area (Å²) in [7, 11) is 0. The van der Waals surface area contributed by atoms with E-state index in [4.69, 9.17) is 0 Å². The molecule has 2 aliphatic carbocycles. The zero-order valence-electron chi connectivity index (χ0n) is 17.2. The second-order valence-corrected chi connectivity index (χ2v) is 9.27. The summed E-state index contributed by atoms with van der Waals surface area (Å²) in [5, 5.41) is 13.7. The Balaban J connectivity index is 1.32. The number of piperidine rings is 1. The van der Waals surface area contributed by atoms with Crippen molar-refractivity contribution < 1.29 is 14.7 Å². The van der Waals surface area contributed by atoms with Crippen LogP contribution in [0.5, 0.6) is 0 Å². The van der Waals surface area contributed by atoms with E-state index in [0.29, 0.717) is 18.0 Å². The first kappa shape index (κ1) is 20.3. The van der Waals surface area contributed by atoms with Crippen molar-refractivity contribution in [2.24, 2.45) is 5.92 Å². The molecular formula is C23H33N3O3. The molecule has 6 nitrogen and oxygen atoms in total. The van der Waals surface area contributed by atoms with Crippen LogP contribution in [-0.2, 0) is 4.79 Å². The molecule has 2 N–H and O–H groups in total. The lowest BCUT2D eigenvalue weighted by molar-refractivity contribution is -0.139. The molecule has 4 rings (SSSR count). The monoisotopic (exact) mass is 399 g/mol. The average molecular weight is 400 g/mol. The molecule has 158 valence electrons. The van der Waals surface area contributed by atoms with Crippen LogP contribution in [0, 0.1) is 5.92 Å². The highest BCUT2D eigenvalue weighted by atomic mass is 16.3. The number of hydrogen-bond acceptors (Lipinski definition) is 4. The number of nitrogens with one attached hydrogen (secondary N) is 1. The molecule has 3 fully saturated rings. The van der Waals surface area contributed by atoms with Gasteiger partial charge in [-0.2, -0.15) is 0 Å². The summed E-state index contributed by atoms with van der Waals surface area (Å²) in [5.74, 6) is 0.855. The molecule has 1 aromatic heterocycles. The third-order valence-electron chi connectivity index (χ3n) is 6.75. The molecule has 1 aromatic rings. The van der Waals surface area contributed by atoms with Gasteiger partial charge < -0.3 is 15.3 Å². The van der Waals surface area contributed by atoms with Gasteiger partial charge >= 0.3 is 0 Å². The van der Waals surface area contributed by atoms with E-state index >= 15 is 0 Å². The number of pyridine rings is 1. The van der Waals surface area contributed by atoms with Gasteiger partial charge in [0, 0.05) is 37.4 Å². The fourth-order valence-corrected chi connectivity index (χ4v) is 4.67. The van der Waals surface area contributed by atoms with Crippen molar-refractivity contribution >= 4 is 11.8 Å². The Morgan fingerprint density at radius 3 is 2.62 bits per heavy atom. The number of rotatable bonds is 6. The van der Waals surface area contributed by atoms with E-state index < -0.39 is 5.60 Å². The summed E-state index contributed by atoms with van der Waals surface area (Å²) in [4.78, 5) is 31.5. The zero-order valence-corrected chi connectivity index (χ0v) is 17.2. The van der Waals surface area contributed by atoms with Crippen molar-refractivity contribution in [2.75, 3.05) is 19.6 Å². The van der Waals surface area contributed by atoms with Crippen molar-refractivity contribution in [3.05, 3.63) is 29.6 Å². The fourth-order valence-electron chi connectivity index (χ4n) is 4.67. The molecule has 1 unspecified atom stereocenters. The molecule has 2 amide bonds. The molecule has 6 heteroatoms. The normalized spacial score (nSPS) is 24.2. The van der Waals surface area contributed by atoms with Crippen LogP contribution in [0.4, 0.5) is 0 Å². The van der Waals surface area contributed by atoms with E-state index in [2.05, 4.69) is 10.3 Å². The molecule has 0 spiro atoms. The van der Waals surface area contributed by atoms with E-state index in [-0.39, 0.29) is 24.2 Å². The number of aromatic nitrogens is 1. The van der Waals surface area contributed by atoms with Gasteiger partial charge in [0.15, 0.2) is 0 Å². The van der Waals surface area contributed by atoms with Crippen LogP contribution in [0.1, 0.15) is 86.2 Å². The molecule has 0 aromatic carbocycles. The quantitative estimate of drug-likeness (QED) is 0.770. The zero-order chi connectivity index (χ0) is 20.3. The minimum atomic E-state index is -0.810. The van der Waals surface area contributed by atoms with Crippen molar-refractivity contribution in [2.45, 2.75) is 75.7 Å². The van der Waals surface area contributed by atoms with Gasteiger partial charge in [-0.1, -0.05) is 19.3 Å². The lowest BCUT2D eigenvalue weighted by Gasteiger charge is -2.37. The number of hydrogen-bond donors (Lipinski definition) is 2. The molecule has 2 saturated carbocycles. The minimum Gasteiger partial charge on any atom is -0.389 e. The summed E-state index contributed by atoms with van der Waals surface area (Å²) >= 11 is 0. The van der Waals surface area contributed by atoms with Gasteiger partial charge in [0.05, 0.1) is 17.6 Å². The molecule has 29 heavy (non-hydrogen) atoms. The van der Waals surface area contributed by atoms with E-state index in [1.165, 1.54) is 12.8 Å². The van der Waals surface area contributed by atoms with Crippen LogP contribution in [0.25, 0.3) is 0 Å². The second kappa shape index (κ2) is 8.82. The Morgan fingerprint density at radius 2 is 1.93 bits per heavy atom. The van der Waals surface area contributed by atoms with Gasteiger partial charge in [0.25, 0.3) is 5.91 Å². The highest BCUT2D eigenvalue weighted by Crippen LogP contribution is 2.33. The van der Waals surface area contributed by atoms with E-state index in [1.54, 1.807) is 6.20 Å². The number of aliphatic hydroxyl groups is 1. The van der Waals surface area contributed by atoms with Crippen LogP contribution in [0.3, 0.4) is 0 Å². The van der Waals surface area contributed by atoms with Crippen molar-refractivity contribution in [3.8, 4) is 0 Å². The molecule has 1 aliphatic heterocycles. The Bertz CT molecular complexity index is 723. The molecule has 1 atom stereocenters. The second-order valence-electron chi connectivity index (χ2n) is 9.27. The summed E-state index contributed by atoms with van der Waals surface area (Å²) in [5.41, 5.74) is 0.728. The van der Waals surface area contributed by atoms with E-state index in [1.807, 2.05) is 17.0 Å². The molecule has 2 heterocycles. The maximum atomic E-state index is 12.8. The lowest BCUT2D eigenvalue weighted by Crippen LogP contribution is -2.44. The summed E-state index contributed by atoms with van der Waals surface area (Å²) < 4.78 is 0. The van der Waals surface area contributed by atoms with E-state index in [0.717, 1.165) is 63.7 Å². The third-order valence-corrected chi connectivity index (χ3v) is 6.75. The van der Waals surface area contributed by atoms with E-state index in [9.17, 15) is 14.7 Å². The maximum Gasteiger partial charge on any atom is 0.252 e. The van der Waals surface area contributed by atoms with Crippen molar-refractivity contribution in [1.29, 1.82) is 0 Å². The first-order valence-electron chi connectivity index (χ1n) is 11.3. The number of carbonyl (C=O) groups is 2. The van der Waals surface area contributed by atoms with Gasteiger partial charge in [-0.15, -0.1) is 0 Å². The number of likely N-dealkylation sites (tertiary alicyclic amines) is 1. The standard InChI is InChI=1S/C23H33N3O3/c27-21(13-23(29)10-2-1-3-11-23)26-12-4-5-19(16-26)20-9-8-18(15-24-20)22(28)25-14-17-6-7-17/h8-9,15,17,19,29H,1-7,10-14,16H2,(H,25,28). The van der Waals surface area contributed by atoms with Gasteiger partial charge in [-0.3, -0.25) is 14.6 Å².